The lowest BCUT2D eigenvalue weighted by Gasteiger charge is -2.12. The fraction of sp³-hybridized carbons (Fsp3) is 0.0714. The molecule has 0 atom stereocenters. The molecule has 3 aromatic carbocycles. The highest BCUT2D eigenvalue weighted by Crippen LogP contribution is 2.34. The average molecular weight is 530 g/mol. The summed E-state index contributed by atoms with van der Waals surface area (Å²) >= 11 is 0.738. The van der Waals surface area contributed by atoms with Crippen molar-refractivity contribution in [1.82, 2.24) is 9.47 Å². The first-order valence-electron chi connectivity index (χ1n) is 11.5. The molecule has 2 N–H and O–H groups in total. The zero-order chi connectivity index (χ0) is 26.8. The first-order valence-corrected chi connectivity index (χ1v) is 12.3. The highest BCUT2D eigenvalue weighted by molar-refractivity contribution is 8.18. The fourth-order valence-electron chi connectivity index (χ4n) is 4.21. The number of benzene rings is 3. The van der Waals surface area contributed by atoms with Gasteiger partial charge in [0, 0.05) is 34.9 Å². The second-order valence-corrected chi connectivity index (χ2v) is 9.55. The highest BCUT2D eigenvalue weighted by Gasteiger charge is 2.36. The Morgan fingerprint density at radius 2 is 1.79 bits per heavy atom. The van der Waals surface area contributed by atoms with E-state index in [4.69, 9.17) is 0 Å². The third kappa shape index (κ3) is 5.21. The maximum atomic E-state index is 13.4. The van der Waals surface area contributed by atoms with E-state index in [2.05, 4.69) is 5.32 Å². The van der Waals surface area contributed by atoms with Gasteiger partial charge in [-0.2, -0.15) is 0 Å². The lowest BCUT2D eigenvalue weighted by atomic mass is 10.1. The quantitative estimate of drug-likeness (QED) is 0.319. The lowest BCUT2D eigenvalue weighted by molar-refractivity contribution is -0.127. The van der Waals surface area contributed by atoms with E-state index in [-0.39, 0.29) is 16.2 Å². The zero-order valence-corrected chi connectivity index (χ0v) is 20.6. The molecule has 10 heteroatoms. The van der Waals surface area contributed by atoms with Crippen molar-refractivity contribution in [2.75, 3.05) is 11.9 Å². The van der Waals surface area contributed by atoms with Crippen LogP contribution < -0.4 is 5.32 Å². The molecule has 1 aliphatic heterocycles. The van der Waals surface area contributed by atoms with Gasteiger partial charge in [-0.05, 0) is 59.8 Å². The standard InChI is InChI=1S/C28H20FN3O5S/c29-20-7-4-8-21(13-20)30-25(33)16-32-26(34)24(38-28(32)37)12-19-15-31(23-10-2-1-9-22(19)23)14-17-5-3-6-18(11-17)27(35)36/h1-13,15H,14,16H2,(H,30,33)(H,35,36)/b24-12+. The summed E-state index contributed by atoms with van der Waals surface area (Å²) in [4.78, 5) is 50.3. The van der Waals surface area contributed by atoms with E-state index < -0.39 is 35.4 Å². The smallest absolute Gasteiger partial charge is 0.335 e. The molecule has 1 aromatic heterocycles. The van der Waals surface area contributed by atoms with Crippen molar-refractivity contribution in [3.05, 3.63) is 106 Å². The van der Waals surface area contributed by atoms with Crippen molar-refractivity contribution >= 4 is 57.5 Å². The molecule has 3 amide bonds. The van der Waals surface area contributed by atoms with Crippen molar-refractivity contribution in [3.63, 3.8) is 0 Å². The van der Waals surface area contributed by atoms with Crippen LogP contribution in [0.3, 0.4) is 0 Å². The normalized spacial score (nSPS) is 14.4. The molecule has 0 saturated carbocycles. The van der Waals surface area contributed by atoms with E-state index >= 15 is 0 Å². The van der Waals surface area contributed by atoms with Crippen molar-refractivity contribution in [2.45, 2.75) is 6.54 Å². The predicted octanol–water partition coefficient (Wildman–Crippen LogP) is 5.20. The summed E-state index contributed by atoms with van der Waals surface area (Å²) in [5.74, 6) is -2.75. The number of carboxylic acid groups (broad SMARTS) is 1. The molecule has 5 rings (SSSR count). The van der Waals surface area contributed by atoms with Crippen molar-refractivity contribution in [3.8, 4) is 0 Å². The largest absolute Gasteiger partial charge is 0.478 e. The topological polar surface area (TPSA) is 109 Å². The van der Waals surface area contributed by atoms with Crippen LogP contribution in [0.2, 0.25) is 0 Å². The SMILES string of the molecule is O=C(CN1C(=O)S/C(=C/c2cn(Cc3cccc(C(=O)O)c3)c3ccccc23)C1=O)Nc1cccc(F)c1. The van der Waals surface area contributed by atoms with E-state index in [0.29, 0.717) is 12.1 Å². The first-order chi connectivity index (χ1) is 18.3. The average Bonchev–Trinajstić information content (AvgIpc) is 3.36. The monoisotopic (exact) mass is 529 g/mol. The van der Waals surface area contributed by atoms with Gasteiger partial charge in [0.25, 0.3) is 11.1 Å². The summed E-state index contributed by atoms with van der Waals surface area (Å²) in [6.07, 6.45) is 3.45. The van der Waals surface area contributed by atoms with Gasteiger partial charge in [-0.15, -0.1) is 0 Å². The van der Waals surface area contributed by atoms with Gasteiger partial charge >= 0.3 is 5.97 Å². The lowest BCUT2D eigenvalue weighted by Crippen LogP contribution is -2.36. The van der Waals surface area contributed by atoms with Gasteiger partial charge in [0.15, 0.2) is 0 Å². The van der Waals surface area contributed by atoms with Crippen LogP contribution in [0, 0.1) is 5.82 Å². The van der Waals surface area contributed by atoms with Crippen LogP contribution >= 0.6 is 11.8 Å². The third-order valence-electron chi connectivity index (χ3n) is 5.92. The molecule has 38 heavy (non-hydrogen) atoms. The summed E-state index contributed by atoms with van der Waals surface area (Å²) in [6.45, 7) is -0.0998. The summed E-state index contributed by atoms with van der Waals surface area (Å²) in [5.41, 5.74) is 2.77. The molecule has 4 aromatic rings. The minimum atomic E-state index is -1.01. The maximum absolute atomic E-state index is 13.4. The number of rotatable bonds is 7. The Morgan fingerprint density at radius 1 is 1.00 bits per heavy atom. The number of thioether (sulfide) groups is 1. The first kappa shape index (κ1) is 25.0. The number of nitrogens with zero attached hydrogens (tertiary/aromatic N) is 2. The molecule has 0 bridgehead atoms. The number of nitrogens with one attached hydrogen (secondary N) is 1. The number of fused-ring (bicyclic) bond motifs is 1. The van der Waals surface area contributed by atoms with Crippen LogP contribution in [0.1, 0.15) is 21.5 Å². The van der Waals surface area contributed by atoms with E-state index in [1.807, 2.05) is 41.1 Å². The van der Waals surface area contributed by atoms with Crippen LogP contribution in [-0.4, -0.2) is 44.1 Å². The number of aromatic nitrogens is 1. The van der Waals surface area contributed by atoms with Gasteiger partial charge in [0.1, 0.15) is 12.4 Å². The number of carbonyl (C=O) groups is 4. The minimum absolute atomic E-state index is 0.171. The number of imide groups is 1. The maximum Gasteiger partial charge on any atom is 0.335 e. The second kappa shape index (κ2) is 10.3. The number of hydrogen-bond donors (Lipinski definition) is 2. The molecule has 0 aliphatic carbocycles. The van der Waals surface area contributed by atoms with Gasteiger partial charge in [-0.25, -0.2) is 9.18 Å². The number of anilines is 1. The number of hydrogen-bond acceptors (Lipinski definition) is 5. The van der Waals surface area contributed by atoms with Crippen LogP contribution in [0.15, 0.2) is 83.9 Å². The molecule has 190 valence electrons. The van der Waals surface area contributed by atoms with Gasteiger partial charge in [-0.3, -0.25) is 19.3 Å². The van der Waals surface area contributed by atoms with E-state index in [1.54, 1.807) is 18.2 Å². The molecule has 0 radical (unpaired) electrons. The summed E-state index contributed by atoms with van der Waals surface area (Å²) < 4.78 is 15.3. The number of halogens is 1. The van der Waals surface area contributed by atoms with Crippen molar-refractivity contribution < 1.29 is 28.7 Å². The van der Waals surface area contributed by atoms with Crippen molar-refractivity contribution in [1.29, 1.82) is 0 Å². The molecule has 0 unspecified atom stereocenters. The Hall–Kier alpha value is -4.70. The number of amides is 3. The second-order valence-electron chi connectivity index (χ2n) is 8.56. The highest BCUT2D eigenvalue weighted by atomic mass is 32.2. The third-order valence-corrected chi connectivity index (χ3v) is 6.82. The van der Waals surface area contributed by atoms with Gasteiger partial charge in [0.2, 0.25) is 5.91 Å². The minimum Gasteiger partial charge on any atom is -0.478 e. The molecule has 0 spiro atoms. The van der Waals surface area contributed by atoms with Gasteiger partial charge < -0.3 is 15.0 Å². The molecule has 8 nitrogen and oxygen atoms in total. The molecule has 1 fully saturated rings. The van der Waals surface area contributed by atoms with E-state index in [0.717, 1.165) is 39.2 Å². The Morgan fingerprint density at radius 3 is 2.58 bits per heavy atom. The predicted molar refractivity (Wildman–Crippen MR) is 142 cm³/mol. The molecule has 1 aliphatic rings. The van der Waals surface area contributed by atoms with E-state index in [1.165, 1.54) is 24.3 Å². The summed E-state index contributed by atoms with van der Waals surface area (Å²) in [5, 5.41) is 12.0. The zero-order valence-electron chi connectivity index (χ0n) is 19.8. The van der Waals surface area contributed by atoms with Crippen LogP contribution in [0.4, 0.5) is 14.9 Å². The van der Waals surface area contributed by atoms with Crippen LogP contribution in [-0.2, 0) is 16.1 Å². The fourth-order valence-corrected chi connectivity index (χ4v) is 5.04. The summed E-state index contributed by atoms with van der Waals surface area (Å²) in [6, 6.07) is 19.5. The Kier molecular flexibility index (Phi) is 6.80. The number of aromatic carboxylic acids is 1. The van der Waals surface area contributed by atoms with Crippen LogP contribution in [0.25, 0.3) is 17.0 Å². The van der Waals surface area contributed by atoms with Crippen LogP contribution in [0.5, 0.6) is 0 Å². The number of carbonyl (C=O) groups excluding carboxylic acids is 3. The van der Waals surface area contributed by atoms with Gasteiger partial charge in [-0.1, -0.05) is 36.4 Å². The number of para-hydroxylation sites is 1. The molecule has 2 heterocycles. The Labute approximate surface area is 220 Å². The molecular weight excluding hydrogens is 509 g/mol. The Balaban J connectivity index is 1.38. The number of carboxylic acids is 1. The van der Waals surface area contributed by atoms with Gasteiger partial charge in [0.05, 0.1) is 10.5 Å². The molecular formula is C28H20FN3O5S. The van der Waals surface area contributed by atoms with Crippen molar-refractivity contribution in [2.24, 2.45) is 0 Å². The summed E-state index contributed by atoms with van der Waals surface area (Å²) in [7, 11) is 0. The Bertz CT molecular complexity index is 1640. The molecule has 1 saturated heterocycles. The van der Waals surface area contributed by atoms with E-state index in [9.17, 15) is 28.7 Å².